The predicted molar refractivity (Wildman–Crippen MR) is 113 cm³/mol. The monoisotopic (exact) mass is 465 g/mol. The Bertz CT molecular complexity index is 981. The van der Waals surface area contributed by atoms with E-state index < -0.39 is 0 Å². The van der Waals surface area contributed by atoms with Gasteiger partial charge >= 0.3 is 0 Å². The molecule has 2 aliphatic heterocycles. The summed E-state index contributed by atoms with van der Waals surface area (Å²) in [5, 5.41) is 3.64. The number of imidazole rings is 1. The molecule has 1 aromatic carbocycles. The molecule has 5 rings (SSSR count). The van der Waals surface area contributed by atoms with Gasteiger partial charge in [-0.15, -0.1) is 0 Å². The van der Waals surface area contributed by atoms with Gasteiger partial charge in [0.2, 0.25) is 0 Å². The number of fused-ring (bicyclic) bond motifs is 3. The second-order valence-electron chi connectivity index (χ2n) is 8.41. The summed E-state index contributed by atoms with van der Waals surface area (Å²) >= 11 is 9.24. The summed E-state index contributed by atoms with van der Waals surface area (Å²) in [5.74, 6) is 0.263. The second-order valence-corrected chi connectivity index (χ2v) is 9.70. The Morgan fingerprint density at radius 1 is 1.43 bits per heavy atom. The Morgan fingerprint density at radius 2 is 2.29 bits per heavy atom. The lowest BCUT2D eigenvalue weighted by molar-refractivity contribution is 0.0707. The van der Waals surface area contributed by atoms with Crippen LogP contribution < -0.4 is 5.32 Å². The van der Waals surface area contributed by atoms with Crippen molar-refractivity contribution in [1.29, 1.82) is 0 Å². The zero-order valence-corrected chi connectivity index (χ0v) is 18.4. The van der Waals surface area contributed by atoms with E-state index in [0.29, 0.717) is 12.0 Å². The van der Waals surface area contributed by atoms with Crippen molar-refractivity contribution >= 4 is 28.1 Å². The van der Waals surface area contributed by atoms with Crippen molar-refractivity contribution in [3.05, 3.63) is 50.2 Å². The Labute approximate surface area is 178 Å². The van der Waals surface area contributed by atoms with E-state index in [1.807, 2.05) is 6.07 Å². The topological polar surface area (TPSA) is 31.1 Å². The first kappa shape index (κ1) is 19.0. The van der Waals surface area contributed by atoms with Crippen LogP contribution in [0.4, 0.5) is 4.39 Å². The van der Waals surface area contributed by atoms with Gasteiger partial charge in [0.15, 0.2) is 4.77 Å². The fraction of sp³-hybridized carbons (Fsp3) is 0.571. The van der Waals surface area contributed by atoms with Crippen LogP contribution in [0.1, 0.15) is 42.1 Å². The number of nitrogens with one attached hydrogen (secondary N) is 1. The molecule has 1 N–H and O–H groups in total. The highest BCUT2D eigenvalue weighted by Gasteiger charge is 2.63. The third kappa shape index (κ3) is 2.93. The fourth-order valence-electron chi connectivity index (χ4n) is 5.24. The molecule has 1 aromatic heterocycles. The van der Waals surface area contributed by atoms with Crippen LogP contribution in [0.15, 0.2) is 22.7 Å². The minimum absolute atomic E-state index is 0.104. The van der Waals surface area contributed by atoms with Gasteiger partial charge in [-0.1, -0.05) is 15.9 Å². The quantitative estimate of drug-likeness (QED) is 0.671. The predicted octanol–water partition coefficient (Wildman–Crippen LogP) is 4.21. The summed E-state index contributed by atoms with van der Waals surface area (Å²) in [6, 6.07) is 5.75. The largest absolute Gasteiger partial charge is 0.380 e. The highest BCUT2D eigenvalue weighted by Crippen LogP contribution is 2.66. The Hall–Kier alpha value is -1.02. The molecule has 0 bridgehead atoms. The smallest absolute Gasteiger partial charge is 0.180 e. The molecule has 0 spiro atoms. The molecule has 1 aliphatic carbocycles. The van der Waals surface area contributed by atoms with E-state index in [4.69, 9.17) is 17.0 Å². The number of benzene rings is 1. The van der Waals surface area contributed by atoms with E-state index in [9.17, 15) is 4.39 Å². The first-order chi connectivity index (χ1) is 13.5. The molecular formula is C21H25BrFN3OS. The zero-order valence-electron chi connectivity index (χ0n) is 16.0. The molecule has 0 unspecified atom stereocenters. The summed E-state index contributed by atoms with van der Waals surface area (Å²) in [7, 11) is 2.07. The van der Waals surface area contributed by atoms with Crippen LogP contribution >= 0.6 is 28.1 Å². The molecule has 0 radical (unpaired) electrons. The van der Waals surface area contributed by atoms with Crippen molar-refractivity contribution in [3.63, 3.8) is 0 Å². The summed E-state index contributed by atoms with van der Waals surface area (Å²) in [6.07, 6.45) is 4.26. The van der Waals surface area contributed by atoms with Crippen LogP contribution in [0.3, 0.4) is 0 Å². The van der Waals surface area contributed by atoms with Gasteiger partial charge in [-0.25, -0.2) is 4.39 Å². The minimum atomic E-state index is -0.121. The normalized spacial score (nSPS) is 28.2. The van der Waals surface area contributed by atoms with Gasteiger partial charge in [0.1, 0.15) is 5.82 Å². The molecule has 150 valence electrons. The number of ether oxygens (including phenoxy) is 1. The molecule has 3 heterocycles. The lowest BCUT2D eigenvalue weighted by Crippen LogP contribution is -2.38. The van der Waals surface area contributed by atoms with E-state index in [-0.39, 0.29) is 11.2 Å². The molecule has 1 saturated carbocycles. The molecular weight excluding hydrogens is 441 g/mol. The van der Waals surface area contributed by atoms with Crippen molar-refractivity contribution in [2.45, 2.75) is 49.6 Å². The van der Waals surface area contributed by atoms with Gasteiger partial charge in [0.25, 0.3) is 0 Å². The SMILES string of the molecule is Cn1c(CCN[C@@H]2CCCOC2)c2n(c1=S)C[C@@]1(c3cc(Br)ccc3F)C[C@@H]21. The molecule has 4 nitrogen and oxygen atoms in total. The maximum atomic E-state index is 14.6. The van der Waals surface area contributed by atoms with Crippen molar-refractivity contribution in [2.75, 3.05) is 19.8 Å². The maximum Gasteiger partial charge on any atom is 0.180 e. The molecule has 28 heavy (non-hydrogen) atoms. The summed E-state index contributed by atoms with van der Waals surface area (Å²) < 4.78 is 26.4. The molecule has 7 heteroatoms. The van der Waals surface area contributed by atoms with Gasteiger partial charge in [0, 0.05) is 66.4 Å². The Balaban J connectivity index is 1.39. The maximum absolute atomic E-state index is 14.6. The van der Waals surface area contributed by atoms with Gasteiger partial charge < -0.3 is 19.2 Å². The van der Waals surface area contributed by atoms with Crippen molar-refractivity contribution in [1.82, 2.24) is 14.5 Å². The summed E-state index contributed by atoms with van der Waals surface area (Å²) in [5.41, 5.74) is 3.34. The number of hydrogen-bond acceptors (Lipinski definition) is 3. The molecule has 2 fully saturated rings. The lowest BCUT2D eigenvalue weighted by atomic mass is 9.93. The van der Waals surface area contributed by atoms with Gasteiger partial charge in [-0.05, 0) is 55.2 Å². The van der Waals surface area contributed by atoms with Crippen molar-refractivity contribution in [3.8, 4) is 0 Å². The lowest BCUT2D eigenvalue weighted by Gasteiger charge is -2.23. The minimum Gasteiger partial charge on any atom is -0.380 e. The van der Waals surface area contributed by atoms with E-state index in [0.717, 1.165) is 60.4 Å². The average Bonchev–Trinajstić information content (AvgIpc) is 3.26. The molecule has 3 aliphatic rings. The van der Waals surface area contributed by atoms with Gasteiger partial charge in [-0.2, -0.15) is 0 Å². The van der Waals surface area contributed by atoms with Crippen molar-refractivity contribution in [2.24, 2.45) is 7.05 Å². The number of hydrogen-bond donors (Lipinski definition) is 1. The fourth-order valence-corrected chi connectivity index (χ4v) is 5.88. The van der Waals surface area contributed by atoms with Crippen molar-refractivity contribution < 1.29 is 9.13 Å². The van der Waals surface area contributed by atoms with E-state index in [1.54, 1.807) is 12.1 Å². The van der Waals surface area contributed by atoms with E-state index in [2.05, 4.69) is 37.4 Å². The standard InChI is InChI=1S/C21H25BrFN3OS/c1-25-18(6-7-24-14-3-2-8-27-11-14)19-16-10-21(16,12-26(19)20(25)28)15-9-13(22)4-5-17(15)23/h4-5,9,14,16,24H,2-3,6-8,10-12H2,1H3/t14-,16+,21-/m1/s1. The van der Waals surface area contributed by atoms with Crippen LogP contribution in [-0.4, -0.2) is 34.9 Å². The molecule has 2 aromatic rings. The van der Waals surface area contributed by atoms with Crippen LogP contribution in [0.25, 0.3) is 0 Å². The van der Waals surface area contributed by atoms with Crippen LogP contribution in [-0.2, 0) is 30.2 Å². The number of rotatable bonds is 5. The summed E-state index contributed by atoms with van der Waals surface area (Å²) in [6.45, 7) is 3.39. The average molecular weight is 466 g/mol. The highest BCUT2D eigenvalue weighted by molar-refractivity contribution is 9.10. The van der Waals surface area contributed by atoms with E-state index in [1.165, 1.54) is 17.8 Å². The first-order valence-electron chi connectivity index (χ1n) is 10.1. The molecule has 0 amide bonds. The number of halogens is 2. The van der Waals surface area contributed by atoms with Gasteiger partial charge in [-0.3, -0.25) is 0 Å². The number of nitrogens with zero attached hydrogens (tertiary/aromatic N) is 2. The van der Waals surface area contributed by atoms with E-state index >= 15 is 0 Å². The third-order valence-electron chi connectivity index (χ3n) is 6.77. The second kappa shape index (κ2) is 7.04. The van der Waals surface area contributed by atoms with Crippen LogP contribution in [0.5, 0.6) is 0 Å². The van der Waals surface area contributed by atoms with Crippen LogP contribution in [0, 0.1) is 10.6 Å². The summed E-state index contributed by atoms with van der Waals surface area (Å²) in [4.78, 5) is 0. The Kier molecular flexibility index (Phi) is 4.77. The molecule has 1 saturated heterocycles. The Morgan fingerprint density at radius 3 is 3.07 bits per heavy atom. The first-order valence-corrected chi connectivity index (χ1v) is 11.3. The van der Waals surface area contributed by atoms with Gasteiger partial charge in [0.05, 0.1) is 6.61 Å². The van der Waals surface area contributed by atoms with Crippen LogP contribution in [0.2, 0.25) is 0 Å². The number of aromatic nitrogens is 2. The highest BCUT2D eigenvalue weighted by atomic mass is 79.9. The molecule has 3 atom stereocenters. The third-order valence-corrected chi connectivity index (χ3v) is 7.76. The zero-order chi connectivity index (χ0) is 19.5.